The van der Waals surface area contributed by atoms with Gasteiger partial charge in [0.1, 0.15) is 18.2 Å². The van der Waals surface area contributed by atoms with Crippen molar-refractivity contribution < 1.29 is 9.13 Å². The summed E-state index contributed by atoms with van der Waals surface area (Å²) < 4.78 is 19.3. The van der Waals surface area contributed by atoms with E-state index >= 15 is 0 Å². The molecule has 0 aliphatic heterocycles. The van der Waals surface area contributed by atoms with Crippen LogP contribution in [0.15, 0.2) is 48.5 Å². The summed E-state index contributed by atoms with van der Waals surface area (Å²) in [7, 11) is 1.77. The lowest BCUT2D eigenvalue weighted by molar-refractivity contribution is 0.270. The van der Waals surface area contributed by atoms with Gasteiger partial charge in [-0.05, 0) is 25.2 Å². The maximum absolute atomic E-state index is 13.7. The number of para-hydroxylation sites is 1. The molecule has 0 aliphatic rings. The van der Waals surface area contributed by atoms with Crippen LogP contribution < -0.4 is 10.1 Å². The van der Waals surface area contributed by atoms with Crippen LogP contribution in [0.1, 0.15) is 11.6 Å². The molecule has 100 valence electrons. The van der Waals surface area contributed by atoms with Crippen molar-refractivity contribution in [1.29, 1.82) is 0 Å². The maximum Gasteiger partial charge on any atom is 0.137 e. The van der Waals surface area contributed by atoms with E-state index in [-0.39, 0.29) is 11.9 Å². The van der Waals surface area contributed by atoms with E-state index in [9.17, 15) is 4.39 Å². The lowest BCUT2D eigenvalue weighted by atomic mass is 10.1. The minimum absolute atomic E-state index is 0.225. The third-order valence-electron chi connectivity index (χ3n) is 2.87. The van der Waals surface area contributed by atoms with Crippen LogP contribution in [0.5, 0.6) is 5.75 Å². The monoisotopic (exact) mass is 279 g/mol. The highest BCUT2D eigenvalue weighted by Gasteiger charge is 2.14. The van der Waals surface area contributed by atoms with Gasteiger partial charge in [0.25, 0.3) is 0 Å². The quantitative estimate of drug-likeness (QED) is 0.898. The second-order valence-electron chi connectivity index (χ2n) is 4.10. The first-order valence-electron chi connectivity index (χ1n) is 6.01. The summed E-state index contributed by atoms with van der Waals surface area (Å²) >= 11 is 6.01. The molecule has 0 spiro atoms. The minimum atomic E-state index is -0.246. The molecule has 2 nitrogen and oxygen atoms in total. The van der Waals surface area contributed by atoms with Crippen LogP contribution >= 0.6 is 11.6 Å². The van der Waals surface area contributed by atoms with Gasteiger partial charge < -0.3 is 10.1 Å². The molecule has 0 aliphatic carbocycles. The largest absolute Gasteiger partial charge is 0.490 e. The van der Waals surface area contributed by atoms with Gasteiger partial charge in [0, 0.05) is 5.56 Å². The summed E-state index contributed by atoms with van der Waals surface area (Å²) in [6.45, 7) is 0.307. The van der Waals surface area contributed by atoms with E-state index < -0.39 is 0 Å². The highest BCUT2D eigenvalue weighted by atomic mass is 35.5. The molecule has 4 heteroatoms. The van der Waals surface area contributed by atoms with E-state index in [1.54, 1.807) is 37.4 Å². The molecular formula is C15H15ClFNO. The molecule has 0 bridgehead atoms. The molecular weight excluding hydrogens is 265 g/mol. The van der Waals surface area contributed by atoms with Crippen LogP contribution in [0.3, 0.4) is 0 Å². The highest BCUT2D eigenvalue weighted by molar-refractivity contribution is 6.32. The Morgan fingerprint density at radius 2 is 1.84 bits per heavy atom. The number of ether oxygens (including phenoxy) is 1. The molecule has 19 heavy (non-hydrogen) atoms. The summed E-state index contributed by atoms with van der Waals surface area (Å²) in [5.41, 5.74) is 0.581. The number of benzene rings is 2. The Morgan fingerprint density at radius 1 is 1.16 bits per heavy atom. The first kappa shape index (κ1) is 13.8. The lowest BCUT2D eigenvalue weighted by Crippen LogP contribution is -2.24. The number of nitrogens with one attached hydrogen (secondary N) is 1. The standard InChI is InChI=1S/C15H15ClFNO/c1-18-14(11-6-2-4-8-13(11)17)10-19-15-9-5-3-7-12(15)16/h2-9,14,18H,10H2,1H3. The summed E-state index contributed by atoms with van der Waals surface area (Å²) in [6, 6.07) is 13.7. The van der Waals surface area contributed by atoms with Crippen molar-refractivity contribution in [3.63, 3.8) is 0 Å². The minimum Gasteiger partial charge on any atom is -0.490 e. The molecule has 0 saturated carbocycles. The van der Waals surface area contributed by atoms with Crippen molar-refractivity contribution in [2.75, 3.05) is 13.7 Å². The lowest BCUT2D eigenvalue weighted by Gasteiger charge is -2.18. The average molecular weight is 280 g/mol. The van der Waals surface area contributed by atoms with Crippen LogP contribution in [0.2, 0.25) is 5.02 Å². The van der Waals surface area contributed by atoms with Crippen molar-refractivity contribution in [1.82, 2.24) is 5.32 Å². The zero-order chi connectivity index (χ0) is 13.7. The Hall–Kier alpha value is -1.58. The summed E-state index contributed by atoms with van der Waals surface area (Å²) in [5.74, 6) is 0.352. The maximum atomic E-state index is 13.7. The van der Waals surface area contributed by atoms with E-state index in [0.29, 0.717) is 22.9 Å². The smallest absolute Gasteiger partial charge is 0.137 e. The predicted molar refractivity (Wildman–Crippen MR) is 75.1 cm³/mol. The van der Waals surface area contributed by atoms with Crippen molar-refractivity contribution in [3.8, 4) is 5.75 Å². The molecule has 1 N–H and O–H groups in total. The first-order valence-corrected chi connectivity index (χ1v) is 6.39. The number of hydrogen-bond donors (Lipinski definition) is 1. The van der Waals surface area contributed by atoms with E-state index in [0.717, 1.165) is 0 Å². The third-order valence-corrected chi connectivity index (χ3v) is 3.18. The second kappa shape index (κ2) is 6.55. The second-order valence-corrected chi connectivity index (χ2v) is 4.51. The van der Waals surface area contributed by atoms with Gasteiger partial charge in [0.05, 0.1) is 11.1 Å². The number of rotatable bonds is 5. The fourth-order valence-corrected chi connectivity index (χ4v) is 2.01. The zero-order valence-electron chi connectivity index (χ0n) is 10.6. The van der Waals surface area contributed by atoms with Crippen LogP contribution in [0, 0.1) is 5.82 Å². The molecule has 0 saturated heterocycles. The third kappa shape index (κ3) is 3.46. The van der Waals surface area contributed by atoms with Gasteiger partial charge in [-0.1, -0.05) is 41.9 Å². The summed E-state index contributed by atoms with van der Waals surface area (Å²) in [6.07, 6.45) is 0. The van der Waals surface area contributed by atoms with Crippen molar-refractivity contribution in [3.05, 3.63) is 64.9 Å². The Balaban J connectivity index is 2.09. The summed E-state index contributed by atoms with van der Waals surface area (Å²) in [4.78, 5) is 0. The van der Waals surface area contributed by atoms with Crippen molar-refractivity contribution >= 4 is 11.6 Å². The number of hydrogen-bond acceptors (Lipinski definition) is 2. The molecule has 0 amide bonds. The molecule has 2 rings (SSSR count). The molecule has 0 fully saturated rings. The topological polar surface area (TPSA) is 21.3 Å². The van der Waals surface area contributed by atoms with Gasteiger partial charge in [0.15, 0.2) is 0 Å². The highest BCUT2D eigenvalue weighted by Crippen LogP contribution is 2.25. The number of halogens is 2. The van der Waals surface area contributed by atoms with Gasteiger partial charge in [-0.25, -0.2) is 4.39 Å². The Morgan fingerprint density at radius 3 is 2.53 bits per heavy atom. The Labute approximate surface area is 117 Å². The molecule has 0 heterocycles. The molecule has 2 aromatic carbocycles. The first-order chi connectivity index (χ1) is 9.22. The number of likely N-dealkylation sites (N-methyl/N-ethyl adjacent to an activating group) is 1. The van der Waals surface area contributed by atoms with Gasteiger partial charge in [-0.2, -0.15) is 0 Å². The SMILES string of the molecule is CNC(COc1ccccc1Cl)c1ccccc1F. The van der Waals surface area contributed by atoms with E-state index in [1.165, 1.54) is 6.07 Å². The van der Waals surface area contributed by atoms with E-state index in [1.807, 2.05) is 12.1 Å². The van der Waals surface area contributed by atoms with E-state index in [2.05, 4.69) is 5.32 Å². The van der Waals surface area contributed by atoms with Gasteiger partial charge in [-0.15, -0.1) is 0 Å². The fourth-order valence-electron chi connectivity index (χ4n) is 1.82. The van der Waals surface area contributed by atoms with Gasteiger partial charge in [-0.3, -0.25) is 0 Å². The fraction of sp³-hybridized carbons (Fsp3) is 0.200. The average Bonchev–Trinajstić information content (AvgIpc) is 2.43. The van der Waals surface area contributed by atoms with E-state index in [4.69, 9.17) is 16.3 Å². The molecule has 0 aromatic heterocycles. The van der Waals surface area contributed by atoms with Crippen molar-refractivity contribution in [2.45, 2.75) is 6.04 Å². The Kier molecular flexibility index (Phi) is 4.77. The Bertz CT molecular complexity index is 547. The molecule has 2 aromatic rings. The molecule has 1 unspecified atom stereocenters. The van der Waals surface area contributed by atoms with Crippen LogP contribution in [0.4, 0.5) is 4.39 Å². The van der Waals surface area contributed by atoms with Crippen LogP contribution in [-0.2, 0) is 0 Å². The molecule has 1 atom stereocenters. The van der Waals surface area contributed by atoms with Crippen LogP contribution in [-0.4, -0.2) is 13.7 Å². The predicted octanol–water partition coefficient (Wildman–Crippen LogP) is 3.82. The summed E-state index contributed by atoms with van der Waals surface area (Å²) in [5, 5.41) is 3.59. The van der Waals surface area contributed by atoms with Gasteiger partial charge >= 0.3 is 0 Å². The van der Waals surface area contributed by atoms with Crippen LogP contribution in [0.25, 0.3) is 0 Å². The van der Waals surface area contributed by atoms with Gasteiger partial charge in [0.2, 0.25) is 0 Å². The normalized spacial score (nSPS) is 12.2. The zero-order valence-corrected chi connectivity index (χ0v) is 11.3. The molecule has 0 radical (unpaired) electrons. The van der Waals surface area contributed by atoms with Crippen molar-refractivity contribution in [2.24, 2.45) is 0 Å².